The van der Waals surface area contributed by atoms with Crippen molar-refractivity contribution in [3.8, 4) is 0 Å². The molecule has 0 rings (SSSR count). The van der Waals surface area contributed by atoms with Crippen molar-refractivity contribution >= 4 is 0 Å². The second-order valence-electron chi connectivity index (χ2n) is 5.71. The lowest BCUT2D eigenvalue weighted by Crippen LogP contribution is -2.46. The van der Waals surface area contributed by atoms with Crippen LogP contribution in [0.15, 0.2) is 0 Å². The van der Waals surface area contributed by atoms with Gasteiger partial charge in [0.2, 0.25) is 0 Å². The molecule has 1 atom stereocenters. The summed E-state index contributed by atoms with van der Waals surface area (Å²) >= 11 is 0. The maximum absolute atomic E-state index is 9.21. The van der Waals surface area contributed by atoms with E-state index in [9.17, 15) is 5.11 Å². The average molecular weight is 257 g/mol. The highest BCUT2D eigenvalue weighted by Gasteiger charge is 2.30. The number of aliphatic hydroxyl groups excluding tert-OH is 1. The van der Waals surface area contributed by atoms with E-state index in [2.05, 4.69) is 20.8 Å². The number of unbranched alkanes of at least 4 members (excludes halogenated alkanes) is 5. The van der Waals surface area contributed by atoms with Gasteiger partial charge in [-0.1, -0.05) is 59.3 Å². The second-order valence-corrected chi connectivity index (χ2v) is 5.71. The molecule has 0 aliphatic rings. The highest BCUT2D eigenvalue weighted by atomic mass is 16.3. The summed E-state index contributed by atoms with van der Waals surface area (Å²) in [6.45, 7) is 6.88. The van der Waals surface area contributed by atoms with Gasteiger partial charge in [0, 0.05) is 12.1 Å². The van der Waals surface area contributed by atoms with Crippen LogP contribution in [0, 0.1) is 5.92 Å². The zero-order valence-corrected chi connectivity index (χ0v) is 12.9. The molecule has 0 bridgehead atoms. The van der Waals surface area contributed by atoms with Crippen molar-refractivity contribution in [1.29, 1.82) is 0 Å². The normalized spacial score (nSPS) is 13.8. The molecule has 0 aliphatic heterocycles. The van der Waals surface area contributed by atoms with Crippen molar-refractivity contribution in [2.75, 3.05) is 6.61 Å². The van der Waals surface area contributed by atoms with Gasteiger partial charge >= 0.3 is 0 Å². The van der Waals surface area contributed by atoms with Crippen LogP contribution >= 0.6 is 0 Å². The maximum Gasteiger partial charge on any atom is 0.0434 e. The van der Waals surface area contributed by atoms with Gasteiger partial charge in [-0.25, -0.2) is 0 Å². The number of aliphatic hydroxyl groups is 1. The number of hydrogen-bond donors (Lipinski definition) is 2. The van der Waals surface area contributed by atoms with Gasteiger partial charge < -0.3 is 10.8 Å². The fraction of sp³-hybridized carbons (Fsp3) is 1.00. The van der Waals surface area contributed by atoms with Crippen LogP contribution in [-0.2, 0) is 0 Å². The lowest BCUT2D eigenvalue weighted by atomic mass is 9.76. The van der Waals surface area contributed by atoms with Gasteiger partial charge in [-0.15, -0.1) is 0 Å². The van der Waals surface area contributed by atoms with E-state index in [1.165, 1.54) is 44.9 Å². The van der Waals surface area contributed by atoms with Crippen molar-refractivity contribution in [3.05, 3.63) is 0 Å². The molecule has 0 fully saturated rings. The minimum atomic E-state index is -0.0633. The zero-order valence-electron chi connectivity index (χ0n) is 12.9. The summed E-state index contributed by atoms with van der Waals surface area (Å²) in [5.41, 5.74) is 6.41. The molecule has 0 saturated heterocycles. The van der Waals surface area contributed by atoms with Crippen molar-refractivity contribution in [2.24, 2.45) is 11.7 Å². The van der Waals surface area contributed by atoms with Gasteiger partial charge in [0.05, 0.1) is 0 Å². The summed E-state index contributed by atoms with van der Waals surface area (Å²) in [7, 11) is 0. The quantitative estimate of drug-likeness (QED) is 0.513. The highest BCUT2D eigenvalue weighted by molar-refractivity contribution is 4.88. The molecule has 0 aliphatic carbocycles. The molecule has 1 unspecified atom stereocenters. The molecule has 0 aromatic heterocycles. The fourth-order valence-corrected chi connectivity index (χ4v) is 2.87. The van der Waals surface area contributed by atoms with E-state index in [0.717, 1.165) is 19.3 Å². The molecular weight excluding hydrogens is 222 g/mol. The summed E-state index contributed by atoms with van der Waals surface area (Å²) in [5, 5.41) is 9.21. The Labute approximate surface area is 114 Å². The van der Waals surface area contributed by atoms with Crippen LogP contribution in [0.2, 0.25) is 0 Å². The monoisotopic (exact) mass is 257 g/mol. The number of hydrogen-bond acceptors (Lipinski definition) is 2. The van der Waals surface area contributed by atoms with E-state index in [-0.39, 0.29) is 12.1 Å². The van der Waals surface area contributed by atoms with Gasteiger partial charge in [0.25, 0.3) is 0 Å². The largest absolute Gasteiger partial charge is 0.396 e. The van der Waals surface area contributed by atoms with E-state index < -0.39 is 0 Å². The average Bonchev–Trinajstić information content (AvgIpc) is 2.40. The van der Waals surface area contributed by atoms with Gasteiger partial charge in [-0.05, 0) is 31.6 Å². The third kappa shape index (κ3) is 6.75. The van der Waals surface area contributed by atoms with Gasteiger partial charge in [0.1, 0.15) is 0 Å². The van der Waals surface area contributed by atoms with E-state index in [1.807, 2.05) is 0 Å². The Morgan fingerprint density at radius 3 is 1.94 bits per heavy atom. The van der Waals surface area contributed by atoms with Crippen LogP contribution in [0.4, 0.5) is 0 Å². The molecule has 2 nitrogen and oxygen atoms in total. The number of rotatable bonds is 12. The summed E-state index contributed by atoms with van der Waals surface area (Å²) in [4.78, 5) is 0. The van der Waals surface area contributed by atoms with Crippen LogP contribution in [0.25, 0.3) is 0 Å². The van der Waals surface area contributed by atoms with Crippen molar-refractivity contribution in [3.63, 3.8) is 0 Å². The lowest BCUT2D eigenvalue weighted by molar-refractivity contribution is 0.172. The first-order chi connectivity index (χ1) is 8.64. The number of nitrogens with two attached hydrogens (primary N) is 1. The first kappa shape index (κ1) is 17.9. The molecule has 2 heteroatoms. The Hall–Kier alpha value is -0.0800. The summed E-state index contributed by atoms with van der Waals surface area (Å²) in [6.07, 6.45) is 12.1. The summed E-state index contributed by atoms with van der Waals surface area (Å²) in [6, 6.07) is 0. The van der Waals surface area contributed by atoms with E-state index in [1.54, 1.807) is 0 Å². The fourth-order valence-electron chi connectivity index (χ4n) is 2.87. The predicted octanol–water partition coefficient (Wildman–Crippen LogP) is 4.25. The molecule has 3 N–H and O–H groups in total. The van der Waals surface area contributed by atoms with E-state index in [0.29, 0.717) is 5.92 Å². The van der Waals surface area contributed by atoms with Gasteiger partial charge in [0.15, 0.2) is 0 Å². The first-order valence-corrected chi connectivity index (χ1v) is 8.04. The third-order valence-corrected chi connectivity index (χ3v) is 4.51. The Balaban J connectivity index is 3.96. The van der Waals surface area contributed by atoms with Crippen molar-refractivity contribution < 1.29 is 5.11 Å². The van der Waals surface area contributed by atoms with Gasteiger partial charge in [-0.3, -0.25) is 0 Å². The minimum absolute atomic E-state index is 0.0633. The zero-order chi connectivity index (χ0) is 13.9. The Kier molecular flexibility index (Phi) is 10.8. The molecule has 0 heterocycles. The topological polar surface area (TPSA) is 46.2 Å². The molecule has 0 aromatic carbocycles. The first-order valence-electron chi connectivity index (χ1n) is 8.04. The van der Waals surface area contributed by atoms with E-state index in [4.69, 9.17) is 5.73 Å². The molecule has 0 spiro atoms. The molecular formula is C16H35NO. The Morgan fingerprint density at radius 2 is 1.44 bits per heavy atom. The van der Waals surface area contributed by atoms with Crippen molar-refractivity contribution in [2.45, 2.75) is 90.5 Å². The molecule has 18 heavy (non-hydrogen) atoms. The smallest absolute Gasteiger partial charge is 0.0434 e. The van der Waals surface area contributed by atoms with Crippen LogP contribution in [0.5, 0.6) is 0 Å². The second kappa shape index (κ2) is 10.8. The molecule has 0 aromatic rings. The summed E-state index contributed by atoms with van der Waals surface area (Å²) in [5.74, 6) is 0.490. The summed E-state index contributed by atoms with van der Waals surface area (Å²) < 4.78 is 0. The molecule has 0 amide bonds. The SMILES string of the molecule is CCCCCCCCC(CCO)C(N)(CC)CC. The minimum Gasteiger partial charge on any atom is -0.396 e. The van der Waals surface area contributed by atoms with Crippen LogP contribution in [-0.4, -0.2) is 17.3 Å². The Bertz CT molecular complexity index is 178. The van der Waals surface area contributed by atoms with E-state index >= 15 is 0 Å². The maximum atomic E-state index is 9.21. The van der Waals surface area contributed by atoms with Crippen LogP contribution in [0.1, 0.15) is 85.0 Å². The van der Waals surface area contributed by atoms with Gasteiger partial charge in [-0.2, -0.15) is 0 Å². The van der Waals surface area contributed by atoms with Crippen molar-refractivity contribution in [1.82, 2.24) is 0 Å². The molecule has 0 radical (unpaired) electrons. The van der Waals surface area contributed by atoms with Crippen LogP contribution < -0.4 is 5.73 Å². The standard InChI is InChI=1S/C16H35NO/c1-4-7-8-9-10-11-12-15(13-14-18)16(17,5-2)6-3/h15,18H,4-14,17H2,1-3H3. The Morgan fingerprint density at radius 1 is 0.889 bits per heavy atom. The predicted molar refractivity (Wildman–Crippen MR) is 80.7 cm³/mol. The third-order valence-electron chi connectivity index (χ3n) is 4.51. The molecule has 110 valence electrons. The van der Waals surface area contributed by atoms with Crippen LogP contribution in [0.3, 0.4) is 0 Å². The highest BCUT2D eigenvalue weighted by Crippen LogP contribution is 2.30. The lowest BCUT2D eigenvalue weighted by Gasteiger charge is -2.36. The molecule has 0 saturated carbocycles.